The van der Waals surface area contributed by atoms with E-state index in [9.17, 15) is 9.59 Å². The van der Waals surface area contributed by atoms with Gasteiger partial charge in [-0.2, -0.15) is 0 Å². The van der Waals surface area contributed by atoms with Crippen molar-refractivity contribution in [3.63, 3.8) is 0 Å². The van der Waals surface area contributed by atoms with Crippen molar-refractivity contribution >= 4 is 40.1 Å². The predicted octanol–water partition coefficient (Wildman–Crippen LogP) is 3.78. The van der Waals surface area contributed by atoms with E-state index in [0.717, 1.165) is 14.8 Å². The van der Waals surface area contributed by atoms with Crippen molar-refractivity contribution in [3.8, 4) is 0 Å². The zero-order valence-electron chi connectivity index (χ0n) is 13.1. The molecule has 0 saturated carbocycles. The largest absolute Gasteiger partial charge is 0.343 e. The van der Waals surface area contributed by atoms with Gasteiger partial charge in [-0.25, -0.2) is 0 Å². The lowest BCUT2D eigenvalue weighted by molar-refractivity contribution is -0.115. The maximum atomic E-state index is 12.1. The number of rotatable bonds is 5. The molecule has 120 valence electrons. The van der Waals surface area contributed by atoms with Gasteiger partial charge in [-0.05, 0) is 52.3 Å². The molecule has 2 rings (SSSR count). The molecule has 0 heterocycles. The van der Waals surface area contributed by atoms with E-state index in [4.69, 9.17) is 0 Å². The summed E-state index contributed by atoms with van der Waals surface area (Å²) < 4.78 is 0.855. The fourth-order valence-electron chi connectivity index (χ4n) is 2.21. The zero-order chi connectivity index (χ0) is 16.8. The van der Waals surface area contributed by atoms with Crippen molar-refractivity contribution < 1.29 is 9.59 Å². The van der Waals surface area contributed by atoms with Crippen molar-refractivity contribution in [2.75, 3.05) is 11.9 Å². The summed E-state index contributed by atoms with van der Waals surface area (Å²) in [4.78, 5) is 24.2. The average molecular weight is 422 g/mol. The van der Waals surface area contributed by atoms with E-state index in [2.05, 4.69) is 47.1 Å². The van der Waals surface area contributed by atoms with E-state index in [1.165, 1.54) is 0 Å². The minimum atomic E-state index is -0.248. The van der Waals surface area contributed by atoms with Gasteiger partial charge in [-0.15, -0.1) is 0 Å². The van der Waals surface area contributed by atoms with Crippen LogP contribution in [0.3, 0.4) is 0 Å². The molecule has 2 N–H and O–H groups in total. The minimum absolute atomic E-state index is 0.0593. The quantitative estimate of drug-likeness (QED) is 0.721. The summed E-state index contributed by atoms with van der Waals surface area (Å²) in [5.41, 5.74) is 2.43. The fraction of sp³-hybridized carbons (Fsp3) is 0.222. The summed E-state index contributed by atoms with van der Waals surface area (Å²) in [5.74, 6) is -0.174. The standard InChI is InChI=1S/C18H19IN2O2/c1-12(2)13-7-4-6-10-16(13)21-17(22)11-20-18(23)14-8-3-5-9-15(14)19/h3-10,12H,11H2,1-2H3,(H,20,23)(H,21,22). The number of hydrogen-bond acceptors (Lipinski definition) is 2. The van der Waals surface area contributed by atoms with Crippen molar-refractivity contribution in [2.45, 2.75) is 19.8 Å². The lowest BCUT2D eigenvalue weighted by Crippen LogP contribution is -2.33. The van der Waals surface area contributed by atoms with Gasteiger partial charge in [0, 0.05) is 9.26 Å². The molecule has 0 unspecified atom stereocenters. The number of benzene rings is 2. The Bertz CT molecular complexity index is 714. The van der Waals surface area contributed by atoms with Gasteiger partial charge in [0.25, 0.3) is 5.91 Å². The number of halogens is 1. The Kier molecular flexibility index (Phi) is 6.15. The van der Waals surface area contributed by atoms with Crippen LogP contribution in [0.1, 0.15) is 35.7 Å². The first-order chi connectivity index (χ1) is 11.0. The van der Waals surface area contributed by atoms with E-state index in [0.29, 0.717) is 11.5 Å². The van der Waals surface area contributed by atoms with E-state index in [-0.39, 0.29) is 18.4 Å². The summed E-state index contributed by atoms with van der Waals surface area (Å²) in [7, 11) is 0. The Morgan fingerprint density at radius 3 is 2.39 bits per heavy atom. The van der Waals surface area contributed by atoms with Crippen molar-refractivity contribution in [1.29, 1.82) is 0 Å². The third-order valence-electron chi connectivity index (χ3n) is 3.38. The molecule has 0 aliphatic carbocycles. The monoisotopic (exact) mass is 422 g/mol. The Morgan fingerprint density at radius 1 is 1.04 bits per heavy atom. The molecule has 0 aromatic heterocycles. The van der Waals surface area contributed by atoms with E-state index >= 15 is 0 Å². The molecular weight excluding hydrogens is 403 g/mol. The number of amides is 2. The third kappa shape index (κ3) is 4.79. The van der Waals surface area contributed by atoms with Gasteiger partial charge in [0.15, 0.2) is 0 Å². The van der Waals surface area contributed by atoms with Crippen LogP contribution in [-0.4, -0.2) is 18.4 Å². The molecule has 4 nitrogen and oxygen atoms in total. The summed E-state index contributed by atoms with van der Waals surface area (Å²) in [6.07, 6.45) is 0. The minimum Gasteiger partial charge on any atom is -0.343 e. The molecule has 0 saturated heterocycles. The summed E-state index contributed by atoms with van der Waals surface area (Å²) in [6.45, 7) is 4.09. The van der Waals surface area contributed by atoms with Crippen LogP contribution in [0.5, 0.6) is 0 Å². The van der Waals surface area contributed by atoms with Crippen molar-refractivity contribution in [3.05, 3.63) is 63.2 Å². The SMILES string of the molecule is CC(C)c1ccccc1NC(=O)CNC(=O)c1ccccc1I. The molecule has 23 heavy (non-hydrogen) atoms. The second-order valence-corrected chi connectivity index (χ2v) is 6.61. The third-order valence-corrected chi connectivity index (χ3v) is 4.33. The van der Waals surface area contributed by atoms with Crippen LogP contribution in [0.4, 0.5) is 5.69 Å². The van der Waals surface area contributed by atoms with E-state index in [1.807, 2.05) is 36.4 Å². The molecule has 0 aliphatic heterocycles. The fourth-order valence-corrected chi connectivity index (χ4v) is 2.84. The van der Waals surface area contributed by atoms with Gasteiger partial charge in [-0.3, -0.25) is 9.59 Å². The molecule has 0 atom stereocenters. The molecule has 0 spiro atoms. The van der Waals surface area contributed by atoms with E-state index < -0.39 is 0 Å². The molecule has 2 amide bonds. The maximum Gasteiger partial charge on any atom is 0.252 e. The Balaban J connectivity index is 1.96. The highest BCUT2D eigenvalue weighted by molar-refractivity contribution is 14.1. The first-order valence-corrected chi connectivity index (χ1v) is 8.48. The molecule has 0 bridgehead atoms. The normalized spacial score (nSPS) is 10.4. The van der Waals surface area contributed by atoms with Gasteiger partial charge >= 0.3 is 0 Å². The van der Waals surface area contributed by atoms with Crippen LogP contribution in [0.25, 0.3) is 0 Å². The lowest BCUT2D eigenvalue weighted by atomic mass is 10.0. The first kappa shape index (κ1) is 17.5. The second kappa shape index (κ2) is 8.10. The highest BCUT2D eigenvalue weighted by Crippen LogP contribution is 2.23. The molecule has 0 radical (unpaired) electrons. The van der Waals surface area contributed by atoms with Gasteiger partial charge in [0.05, 0.1) is 12.1 Å². The number of anilines is 1. The van der Waals surface area contributed by atoms with Gasteiger partial charge < -0.3 is 10.6 Å². The predicted molar refractivity (Wildman–Crippen MR) is 101 cm³/mol. The van der Waals surface area contributed by atoms with Gasteiger partial charge in [-0.1, -0.05) is 44.2 Å². The number of para-hydroxylation sites is 1. The van der Waals surface area contributed by atoms with Crippen LogP contribution < -0.4 is 10.6 Å². The highest BCUT2D eigenvalue weighted by atomic mass is 127. The van der Waals surface area contributed by atoms with Crippen molar-refractivity contribution in [1.82, 2.24) is 5.32 Å². The van der Waals surface area contributed by atoms with Crippen LogP contribution >= 0.6 is 22.6 Å². The van der Waals surface area contributed by atoms with E-state index in [1.54, 1.807) is 12.1 Å². The van der Waals surface area contributed by atoms with Gasteiger partial charge in [0.1, 0.15) is 0 Å². The smallest absolute Gasteiger partial charge is 0.252 e. The number of hydrogen-bond donors (Lipinski definition) is 2. The number of carbonyl (C=O) groups excluding carboxylic acids is 2. The van der Waals surface area contributed by atoms with Crippen molar-refractivity contribution in [2.24, 2.45) is 0 Å². The zero-order valence-corrected chi connectivity index (χ0v) is 15.3. The number of nitrogens with one attached hydrogen (secondary N) is 2. The number of carbonyl (C=O) groups is 2. The van der Waals surface area contributed by atoms with Crippen LogP contribution in [0, 0.1) is 3.57 Å². The molecule has 5 heteroatoms. The average Bonchev–Trinajstić information content (AvgIpc) is 2.53. The molecule has 0 fully saturated rings. The first-order valence-electron chi connectivity index (χ1n) is 7.40. The Morgan fingerprint density at radius 2 is 1.70 bits per heavy atom. The van der Waals surface area contributed by atoms with Crippen LogP contribution in [-0.2, 0) is 4.79 Å². The molecule has 0 aliphatic rings. The lowest BCUT2D eigenvalue weighted by Gasteiger charge is -2.14. The van der Waals surface area contributed by atoms with Crippen LogP contribution in [0.2, 0.25) is 0 Å². The Labute approximate surface area is 149 Å². The topological polar surface area (TPSA) is 58.2 Å². The molecular formula is C18H19IN2O2. The molecule has 2 aromatic carbocycles. The summed E-state index contributed by atoms with van der Waals surface area (Å²) in [6, 6.07) is 15.0. The van der Waals surface area contributed by atoms with Crippen LogP contribution in [0.15, 0.2) is 48.5 Å². The Hall–Kier alpha value is -1.89. The maximum absolute atomic E-state index is 12.1. The second-order valence-electron chi connectivity index (χ2n) is 5.45. The summed E-state index contributed by atoms with van der Waals surface area (Å²) >= 11 is 2.10. The summed E-state index contributed by atoms with van der Waals surface area (Å²) in [5, 5.41) is 5.51. The van der Waals surface area contributed by atoms with Gasteiger partial charge in [0.2, 0.25) is 5.91 Å². The highest BCUT2D eigenvalue weighted by Gasteiger charge is 2.12. The molecule has 2 aromatic rings.